The van der Waals surface area contributed by atoms with E-state index in [-0.39, 0.29) is 11.5 Å². The van der Waals surface area contributed by atoms with Crippen LogP contribution in [0.25, 0.3) is 0 Å². The number of hydrogen-bond acceptors (Lipinski definition) is 4. The minimum Gasteiger partial charge on any atom is -0.460 e. The van der Waals surface area contributed by atoms with Crippen molar-refractivity contribution in [1.82, 2.24) is 0 Å². The maximum absolute atomic E-state index is 11.6. The van der Waals surface area contributed by atoms with Crippen LogP contribution in [0, 0.1) is 0 Å². The van der Waals surface area contributed by atoms with Crippen molar-refractivity contribution in [3.63, 3.8) is 0 Å². The van der Waals surface area contributed by atoms with Crippen molar-refractivity contribution in [3.05, 3.63) is 22.6 Å². The van der Waals surface area contributed by atoms with Gasteiger partial charge in [0.2, 0.25) is 5.78 Å². The second-order valence-electron chi connectivity index (χ2n) is 2.85. The molecule has 1 atom stereocenters. The molecule has 0 saturated heterocycles. The van der Waals surface area contributed by atoms with E-state index in [2.05, 4.69) is 15.9 Å². The van der Waals surface area contributed by atoms with Crippen LogP contribution in [0.3, 0.4) is 0 Å². The van der Waals surface area contributed by atoms with Gasteiger partial charge in [-0.3, -0.25) is 4.79 Å². The lowest BCUT2D eigenvalue weighted by Gasteiger charge is -2.07. The molecule has 0 aromatic carbocycles. The molecule has 0 spiro atoms. The molecule has 14 heavy (non-hydrogen) atoms. The standard InChI is InChI=1S/C9H12BrNO3/c1-13-4-3-7(11)8(12)9-6(10)2-5-14-9/h2,5,7H,3-4,11H2,1H3. The number of furan rings is 1. The van der Waals surface area contributed by atoms with Gasteiger partial charge in [0.1, 0.15) is 0 Å². The minimum atomic E-state index is -0.572. The number of carbonyl (C=O) groups is 1. The fourth-order valence-electron chi connectivity index (χ4n) is 1.01. The molecule has 5 heteroatoms. The van der Waals surface area contributed by atoms with Crippen LogP contribution in [0.5, 0.6) is 0 Å². The van der Waals surface area contributed by atoms with E-state index in [9.17, 15) is 4.79 Å². The Morgan fingerprint density at radius 3 is 3.00 bits per heavy atom. The highest BCUT2D eigenvalue weighted by Crippen LogP contribution is 2.19. The average Bonchev–Trinajstić information content (AvgIpc) is 2.59. The lowest BCUT2D eigenvalue weighted by atomic mass is 10.1. The predicted octanol–water partition coefficient (Wildman–Crippen LogP) is 1.59. The first kappa shape index (κ1) is 11.4. The van der Waals surface area contributed by atoms with Gasteiger partial charge in [0.15, 0.2) is 5.76 Å². The summed E-state index contributed by atoms with van der Waals surface area (Å²) < 4.78 is 10.5. The number of halogens is 1. The Morgan fingerprint density at radius 1 is 1.79 bits per heavy atom. The molecule has 0 aliphatic rings. The third-order valence-corrected chi connectivity index (χ3v) is 2.44. The molecule has 0 fully saturated rings. The molecule has 0 bridgehead atoms. The Morgan fingerprint density at radius 2 is 2.50 bits per heavy atom. The summed E-state index contributed by atoms with van der Waals surface area (Å²) >= 11 is 3.20. The molecule has 0 amide bonds. The average molecular weight is 262 g/mol. The van der Waals surface area contributed by atoms with Gasteiger partial charge < -0.3 is 14.9 Å². The van der Waals surface area contributed by atoms with Crippen LogP contribution in [-0.2, 0) is 4.74 Å². The molecule has 0 aliphatic heterocycles. The van der Waals surface area contributed by atoms with Gasteiger partial charge in [0.05, 0.1) is 16.8 Å². The third kappa shape index (κ3) is 2.67. The lowest BCUT2D eigenvalue weighted by Crippen LogP contribution is -2.31. The van der Waals surface area contributed by atoms with Crippen molar-refractivity contribution in [2.75, 3.05) is 13.7 Å². The Balaban J connectivity index is 2.61. The molecule has 0 saturated carbocycles. The van der Waals surface area contributed by atoms with E-state index in [1.807, 2.05) is 0 Å². The van der Waals surface area contributed by atoms with Crippen LogP contribution in [0.2, 0.25) is 0 Å². The summed E-state index contributed by atoms with van der Waals surface area (Å²) in [6.07, 6.45) is 1.93. The molecule has 1 aromatic heterocycles. The second kappa shape index (κ2) is 5.29. The maximum atomic E-state index is 11.6. The molecule has 0 aliphatic carbocycles. The number of ether oxygens (including phenoxy) is 1. The summed E-state index contributed by atoms with van der Waals surface area (Å²) in [6, 6.07) is 1.09. The molecular weight excluding hydrogens is 250 g/mol. The Labute approximate surface area is 90.5 Å². The Hall–Kier alpha value is -0.650. The molecule has 1 rings (SSSR count). The Bertz CT molecular complexity index is 311. The molecule has 78 valence electrons. The molecule has 1 heterocycles. The van der Waals surface area contributed by atoms with Gasteiger partial charge in [-0.2, -0.15) is 0 Å². The van der Waals surface area contributed by atoms with Gasteiger partial charge in [-0.05, 0) is 28.4 Å². The highest BCUT2D eigenvalue weighted by molar-refractivity contribution is 9.10. The zero-order valence-corrected chi connectivity index (χ0v) is 9.41. The summed E-state index contributed by atoms with van der Waals surface area (Å²) in [7, 11) is 1.57. The van der Waals surface area contributed by atoms with Crippen LogP contribution in [0.15, 0.2) is 21.2 Å². The van der Waals surface area contributed by atoms with Crippen LogP contribution in [0.4, 0.5) is 0 Å². The summed E-state index contributed by atoms with van der Waals surface area (Å²) in [4.78, 5) is 11.6. The molecular formula is C9H12BrNO3. The monoisotopic (exact) mass is 261 g/mol. The molecule has 1 unspecified atom stereocenters. The minimum absolute atomic E-state index is 0.209. The number of rotatable bonds is 5. The fraction of sp³-hybridized carbons (Fsp3) is 0.444. The van der Waals surface area contributed by atoms with E-state index in [1.165, 1.54) is 6.26 Å². The van der Waals surface area contributed by atoms with E-state index in [0.29, 0.717) is 17.5 Å². The third-order valence-electron chi connectivity index (χ3n) is 1.81. The summed E-state index contributed by atoms with van der Waals surface area (Å²) in [5, 5.41) is 0. The smallest absolute Gasteiger partial charge is 0.215 e. The first-order valence-electron chi connectivity index (χ1n) is 4.18. The first-order valence-corrected chi connectivity index (χ1v) is 4.98. The highest BCUT2D eigenvalue weighted by atomic mass is 79.9. The van der Waals surface area contributed by atoms with Gasteiger partial charge in [0.25, 0.3) is 0 Å². The number of Topliss-reactive ketones (excluding diaryl/α,β-unsaturated/α-hetero) is 1. The summed E-state index contributed by atoms with van der Waals surface area (Å²) in [5.74, 6) is 0.0625. The van der Waals surface area contributed by atoms with Gasteiger partial charge in [-0.15, -0.1) is 0 Å². The van der Waals surface area contributed by atoms with E-state index in [4.69, 9.17) is 14.9 Å². The molecule has 0 radical (unpaired) electrons. The van der Waals surface area contributed by atoms with E-state index in [1.54, 1.807) is 13.2 Å². The van der Waals surface area contributed by atoms with Crippen LogP contribution < -0.4 is 5.73 Å². The van der Waals surface area contributed by atoms with Crippen molar-refractivity contribution in [1.29, 1.82) is 0 Å². The van der Waals surface area contributed by atoms with Crippen molar-refractivity contribution in [2.45, 2.75) is 12.5 Å². The lowest BCUT2D eigenvalue weighted by molar-refractivity contribution is 0.0907. The van der Waals surface area contributed by atoms with Gasteiger partial charge >= 0.3 is 0 Å². The van der Waals surface area contributed by atoms with Crippen molar-refractivity contribution < 1.29 is 13.9 Å². The SMILES string of the molecule is COCCC(N)C(=O)c1occc1Br. The Kier molecular flexibility index (Phi) is 4.31. The van der Waals surface area contributed by atoms with Gasteiger partial charge in [-0.1, -0.05) is 0 Å². The van der Waals surface area contributed by atoms with Crippen LogP contribution in [-0.4, -0.2) is 25.5 Å². The number of hydrogen-bond donors (Lipinski definition) is 1. The maximum Gasteiger partial charge on any atom is 0.215 e. The largest absolute Gasteiger partial charge is 0.460 e. The zero-order chi connectivity index (χ0) is 10.6. The van der Waals surface area contributed by atoms with Crippen molar-refractivity contribution in [3.8, 4) is 0 Å². The molecule has 4 nitrogen and oxygen atoms in total. The van der Waals surface area contributed by atoms with Gasteiger partial charge in [0, 0.05) is 13.7 Å². The second-order valence-corrected chi connectivity index (χ2v) is 3.70. The van der Waals surface area contributed by atoms with E-state index in [0.717, 1.165) is 0 Å². The molecule has 1 aromatic rings. The predicted molar refractivity (Wildman–Crippen MR) is 55.2 cm³/mol. The van der Waals surface area contributed by atoms with Crippen LogP contribution in [0.1, 0.15) is 17.0 Å². The number of nitrogens with two attached hydrogens (primary N) is 1. The fourth-order valence-corrected chi connectivity index (χ4v) is 1.41. The van der Waals surface area contributed by atoms with Crippen LogP contribution >= 0.6 is 15.9 Å². The first-order chi connectivity index (χ1) is 6.66. The molecule has 2 N–H and O–H groups in total. The van der Waals surface area contributed by atoms with E-state index < -0.39 is 6.04 Å². The zero-order valence-electron chi connectivity index (χ0n) is 7.83. The summed E-state index contributed by atoms with van der Waals surface area (Å²) in [5.41, 5.74) is 5.65. The van der Waals surface area contributed by atoms with Gasteiger partial charge in [-0.25, -0.2) is 0 Å². The summed E-state index contributed by atoms with van der Waals surface area (Å²) in [6.45, 7) is 0.464. The normalized spacial score (nSPS) is 12.8. The highest BCUT2D eigenvalue weighted by Gasteiger charge is 2.20. The topological polar surface area (TPSA) is 65.5 Å². The van der Waals surface area contributed by atoms with Crippen molar-refractivity contribution >= 4 is 21.7 Å². The number of methoxy groups -OCH3 is 1. The van der Waals surface area contributed by atoms with Crippen molar-refractivity contribution in [2.24, 2.45) is 5.73 Å². The number of carbonyl (C=O) groups excluding carboxylic acids is 1. The quantitative estimate of drug-likeness (QED) is 0.818. The van der Waals surface area contributed by atoms with E-state index >= 15 is 0 Å². The number of ketones is 1.